The van der Waals surface area contributed by atoms with E-state index in [-0.39, 0.29) is 33.3 Å². The molecule has 1 heterocycles. The number of carbonyl (C=O) groups excluding carboxylic acids is 1. The molecule has 2 aromatic carbocycles. The third-order valence-electron chi connectivity index (χ3n) is 6.43. The number of hydrogen-bond donors (Lipinski definition) is 1. The number of methoxy groups -OCH3 is 1. The van der Waals surface area contributed by atoms with Gasteiger partial charge >= 0.3 is 0 Å². The highest BCUT2D eigenvalue weighted by Gasteiger charge is 2.28. The number of halogens is 1. The molecular formula is C26H35ClN2O4S. The number of aryl methyl sites for hydroxylation is 1. The molecule has 0 unspecified atom stereocenters. The maximum atomic E-state index is 13.3. The summed E-state index contributed by atoms with van der Waals surface area (Å²) in [7, 11) is -2.12. The van der Waals surface area contributed by atoms with Crippen molar-refractivity contribution in [3.63, 3.8) is 0 Å². The number of ether oxygens (including phenoxy) is 1. The molecular weight excluding hydrogens is 472 g/mol. The molecule has 6 nitrogen and oxygen atoms in total. The van der Waals surface area contributed by atoms with Crippen molar-refractivity contribution in [3.8, 4) is 5.75 Å². The zero-order chi connectivity index (χ0) is 25.0. The van der Waals surface area contributed by atoms with E-state index in [1.807, 2.05) is 19.9 Å². The number of benzene rings is 2. The SMILES string of the molecule is COc1cc(C)c([C@@H](C)NC(=O)c2ccc(Cl)c(S(=O)(=O)N3CCCCCC3)c2)cc1C(C)C. The van der Waals surface area contributed by atoms with Gasteiger partial charge in [0, 0.05) is 18.7 Å². The molecule has 8 heteroatoms. The molecule has 34 heavy (non-hydrogen) atoms. The first-order valence-electron chi connectivity index (χ1n) is 11.8. The second-order valence-electron chi connectivity index (χ2n) is 9.26. The van der Waals surface area contributed by atoms with Gasteiger partial charge in [0.1, 0.15) is 10.6 Å². The minimum absolute atomic E-state index is 0.0147. The highest BCUT2D eigenvalue weighted by atomic mass is 35.5. The molecule has 1 saturated heterocycles. The molecule has 0 bridgehead atoms. The third kappa shape index (κ3) is 5.75. The van der Waals surface area contributed by atoms with Gasteiger partial charge in [0.15, 0.2) is 0 Å². The smallest absolute Gasteiger partial charge is 0.251 e. The Morgan fingerprint density at radius 3 is 2.26 bits per heavy atom. The molecule has 0 aromatic heterocycles. The average Bonchev–Trinajstić information content (AvgIpc) is 3.08. The molecule has 0 aliphatic carbocycles. The van der Waals surface area contributed by atoms with Gasteiger partial charge in [0.05, 0.1) is 18.2 Å². The molecule has 1 atom stereocenters. The van der Waals surface area contributed by atoms with E-state index < -0.39 is 10.0 Å². The van der Waals surface area contributed by atoms with Crippen LogP contribution < -0.4 is 10.1 Å². The van der Waals surface area contributed by atoms with Gasteiger partial charge < -0.3 is 10.1 Å². The third-order valence-corrected chi connectivity index (χ3v) is 8.81. The number of carbonyl (C=O) groups is 1. The van der Waals surface area contributed by atoms with Crippen LogP contribution in [-0.4, -0.2) is 38.8 Å². The fraction of sp³-hybridized carbons (Fsp3) is 0.500. The molecule has 2 aromatic rings. The van der Waals surface area contributed by atoms with Crippen LogP contribution in [0.2, 0.25) is 5.02 Å². The molecule has 1 aliphatic heterocycles. The lowest BCUT2D eigenvalue weighted by atomic mass is 9.93. The molecule has 1 aliphatic rings. The zero-order valence-corrected chi connectivity index (χ0v) is 22.2. The van der Waals surface area contributed by atoms with Crippen molar-refractivity contribution in [2.45, 2.75) is 70.2 Å². The minimum atomic E-state index is -3.77. The van der Waals surface area contributed by atoms with E-state index in [1.165, 1.54) is 16.4 Å². The highest BCUT2D eigenvalue weighted by Crippen LogP contribution is 2.32. The lowest BCUT2D eigenvalue weighted by Gasteiger charge is -2.22. The van der Waals surface area contributed by atoms with Crippen molar-refractivity contribution < 1.29 is 17.9 Å². The summed E-state index contributed by atoms with van der Waals surface area (Å²) >= 11 is 6.29. The Morgan fingerprint density at radius 2 is 1.68 bits per heavy atom. The van der Waals surface area contributed by atoms with Crippen LogP contribution in [-0.2, 0) is 10.0 Å². The van der Waals surface area contributed by atoms with E-state index in [9.17, 15) is 13.2 Å². The summed E-state index contributed by atoms with van der Waals surface area (Å²) < 4.78 is 33.6. The van der Waals surface area contributed by atoms with Crippen LogP contribution in [0, 0.1) is 6.92 Å². The van der Waals surface area contributed by atoms with Gasteiger partial charge in [-0.05, 0) is 79.6 Å². The van der Waals surface area contributed by atoms with Gasteiger partial charge in [-0.15, -0.1) is 0 Å². The largest absolute Gasteiger partial charge is 0.496 e. The Hall–Kier alpha value is -2.09. The normalized spacial score (nSPS) is 16.2. The van der Waals surface area contributed by atoms with Crippen molar-refractivity contribution in [3.05, 3.63) is 57.6 Å². The fourth-order valence-electron chi connectivity index (χ4n) is 4.43. The van der Waals surface area contributed by atoms with Gasteiger partial charge in [-0.2, -0.15) is 4.31 Å². The number of sulfonamides is 1. The molecule has 3 rings (SSSR count). The molecule has 186 valence electrons. The summed E-state index contributed by atoms with van der Waals surface area (Å²) in [6.45, 7) is 9.04. The van der Waals surface area contributed by atoms with E-state index in [0.29, 0.717) is 13.1 Å². The number of nitrogens with zero attached hydrogens (tertiary/aromatic N) is 1. The van der Waals surface area contributed by atoms with Crippen LogP contribution in [0.3, 0.4) is 0 Å². The van der Waals surface area contributed by atoms with Crippen LogP contribution in [0.25, 0.3) is 0 Å². The van der Waals surface area contributed by atoms with Gasteiger partial charge in [-0.25, -0.2) is 8.42 Å². The number of nitrogens with one attached hydrogen (secondary N) is 1. The highest BCUT2D eigenvalue weighted by molar-refractivity contribution is 7.89. The fourth-order valence-corrected chi connectivity index (χ4v) is 6.45. The van der Waals surface area contributed by atoms with Crippen LogP contribution >= 0.6 is 11.6 Å². The first-order chi connectivity index (χ1) is 16.1. The van der Waals surface area contributed by atoms with Crippen molar-refractivity contribution >= 4 is 27.5 Å². The van der Waals surface area contributed by atoms with E-state index in [1.54, 1.807) is 13.2 Å². The topological polar surface area (TPSA) is 75.7 Å². The second kappa shape index (κ2) is 11.1. The van der Waals surface area contributed by atoms with Gasteiger partial charge in [-0.3, -0.25) is 4.79 Å². The Balaban J connectivity index is 1.87. The van der Waals surface area contributed by atoms with Crippen LogP contribution in [0.1, 0.15) is 85.5 Å². The van der Waals surface area contributed by atoms with Gasteiger partial charge in [0.25, 0.3) is 5.91 Å². The maximum Gasteiger partial charge on any atom is 0.251 e. The van der Waals surface area contributed by atoms with Gasteiger partial charge in [0.2, 0.25) is 10.0 Å². The van der Waals surface area contributed by atoms with Crippen LogP contribution in [0.5, 0.6) is 5.75 Å². The standard InChI is InChI=1S/C26H35ClN2O4S/c1-17(2)21-16-22(18(3)14-24(21)33-5)19(4)28-26(30)20-10-11-23(27)25(15-20)34(31,32)29-12-8-6-7-9-13-29/h10-11,14-17,19H,6-9,12-13H2,1-5H3,(H,28,30)/t19-/m1/s1. The lowest BCUT2D eigenvalue weighted by molar-refractivity contribution is 0.0939. The predicted octanol–water partition coefficient (Wildman–Crippen LogP) is 5.84. The first-order valence-corrected chi connectivity index (χ1v) is 13.7. The van der Waals surface area contributed by atoms with E-state index >= 15 is 0 Å². The lowest BCUT2D eigenvalue weighted by Crippen LogP contribution is -2.32. The number of hydrogen-bond acceptors (Lipinski definition) is 4. The summed E-state index contributed by atoms with van der Waals surface area (Å²) in [5, 5.41) is 3.14. The minimum Gasteiger partial charge on any atom is -0.496 e. The molecule has 0 spiro atoms. The second-order valence-corrected chi connectivity index (χ2v) is 11.6. The monoisotopic (exact) mass is 506 g/mol. The van der Waals surface area contributed by atoms with Crippen LogP contribution in [0.15, 0.2) is 35.2 Å². The molecule has 0 radical (unpaired) electrons. The van der Waals surface area contributed by atoms with E-state index in [4.69, 9.17) is 16.3 Å². The van der Waals surface area contributed by atoms with Crippen molar-refractivity contribution in [2.75, 3.05) is 20.2 Å². The van der Waals surface area contributed by atoms with E-state index in [0.717, 1.165) is 48.1 Å². The summed E-state index contributed by atoms with van der Waals surface area (Å²) in [5.74, 6) is 0.744. The summed E-state index contributed by atoms with van der Waals surface area (Å²) in [4.78, 5) is 13.1. The number of rotatable bonds is 7. The summed E-state index contributed by atoms with van der Waals surface area (Å²) in [5.41, 5.74) is 3.33. The molecule has 1 amide bonds. The van der Waals surface area contributed by atoms with Crippen molar-refractivity contribution in [1.29, 1.82) is 0 Å². The Morgan fingerprint density at radius 1 is 1.03 bits per heavy atom. The van der Waals surface area contributed by atoms with Gasteiger partial charge in [-0.1, -0.05) is 38.3 Å². The van der Waals surface area contributed by atoms with Crippen molar-refractivity contribution in [1.82, 2.24) is 9.62 Å². The Labute approximate surface area is 208 Å². The summed E-state index contributed by atoms with van der Waals surface area (Å²) in [6.07, 6.45) is 3.69. The zero-order valence-electron chi connectivity index (χ0n) is 20.7. The quantitative estimate of drug-likeness (QED) is 0.512. The Kier molecular flexibility index (Phi) is 8.66. The Bertz CT molecular complexity index is 1140. The van der Waals surface area contributed by atoms with Crippen LogP contribution in [0.4, 0.5) is 0 Å². The molecule has 1 N–H and O–H groups in total. The predicted molar refractivity (Wildman–Crippen MR) is 136 cm³/mol. The maximum absolute atomic E-state index is 13.3. The number of amides is 1. The summed E-state index contributed by atoms with van der Waals surface area (Å²) in [6, 6.07) is 8.22. The van der Waals surface area contributed by atoms with E-state index in [2.05, 4.69) is 25.2 Å². The van der Waals surface area contributed by atoms with Crippen molar-refractivity contribution in [2.24, 2.45) is 0 Å². The average molecular weight is 507 g/mol. The molecule has 1 fully saturated rings. The first kappa shape index (κ1) is 26.5. The molecule has 0 saturated carbocycles.